The summed E-state index contributed by atoms with van der Waals surface area (Å²) in [6, 6.07) is 7.20. The number of carbonyl (C=O) groups is 4. The zero-order valence-corrected chi connectivity index (χ0v) is 33.3. The summed E-state index contributed by atoms with van der Waals surface area (Å²) in [6.45, 7) is 18.0. The summed E-state index contributed by atoms with van der Waals surface area (Å²) in [6.07, 6.45) is 0.909. The molecule has 0 radical (unpaired) electrons. The van der Waals surface area contributed by atoms with Crippen molar-refractivity contribution >= 4 is 23.6 Å². The third-order valence-electron chi connectivity index (χ3n) is 11.4. The molecule has 3 N–H and O–H groups in total. The molecule has 0 unspecified atom stereocenters. The van der Waals surface area contributed by atoms with Crippen LogP contribution in [0.2, 0.25) is 0 Å². The van der Waals surface area contributed by atoms with Crippen molar-refractivity contribution in [2.24, 2.45) is 29.6 Å². The van der Waals surface area contributed by atoms with Crippen molar-refractivity contribution in [2.75, 3.05) is 27.8 Å². The van der Waals surface area contributed by atoms with Crippen molar-refractivity contribution in [2.45, 2.75) is 137 Å². The lowest BCUT2D eigenvalue weighted by Gasteiger charge is -2.41. The van der Waals surface area contributed by atoms with Crippen LogP contribution in [0.1, 0.15) is 106 Å². The van der Waals surface area contributed by atoms with Gasteiger partial charge in [-0.3, -0.25) is 19.2 Å². The van der Waals surface area contributed by atoms with Gasteiger partial charge in [0.15, 0.2) is 0 Å². The number of rotatable bonds is 20. The van der Waals surface area contributed by atoms with Crippen LogP contribution in [0, 0.1) is 29.6 Å². The van der Waals surface area contributed by atoms with E-state index >= 15 is 0 Å². The fourth-order valence-corrected chi connectivity index (χ4v) is 7.17. The zero-order valence-electron chi connectivity index (χ0n) is 33.3. The minimum Gasteiger partial charge on any atom is -0.386 e. The second kappa shape index (κ2) is 20.9. The lowest BCUT2D eigenvalue weighted by Crippen LogP contribution is -2.58. The van der Waals surface area contributed by atoms with Gasteiger partial charge in [-0.25, -0.2) is 0 Å². The Hall–Kier alpha value is -3.02. The van der Waals surface area contributed by atoms with Gasteiger partial charge in [0, 0.05) is 33.7 Å². The van der Waals surface area contributed by atoms with E-state index in [1.807, 2.05) is 65.0 Å². The van der Waals surface area contributed by atoms with E-state index in [4.69, 9.17) is 9.47 Å². The van der Waals surface area contributed by atoms with Crippen molar-refractivity contribution in [3.8, 4) is 0 Å². The number of benzene rings is 1. The number of nitrogens with zero attached hydrogens (tertiary/aromatic N) is 2. The van der Waals surface area contributed by atoms with Crippen LogP contribution in [0.5, 0.6) is 0 Å². The zero-order chi connectivity index (χ0) is 38.6. The van der Waals surface area contributed by atoms with Gasteiger partial charge in [-0.05, 0) is 43.1 Å². The van der Waals surface area contributed by atoms with Gasteiger partial charge in [0.25, 0.3) is 0 Å². The number of aliphatic hydroxyl groups is 1. The van der Waals surface area contributed by atoms with E-state index in [1.54, 1.807) is 44.9 Å². The quantitative estimate of drug-likeness (QED) is 0.173. The summed E-state index contributed by atoms with van der Waals surface area (Å²) in [5, 5.41) is 16.8. The Morgan fingerprint density at radius 1 is 0.882 bits per heavy atom. The fourth-order valence-electron chi connectivity index (χ4n) is 7.17. The van der Waals surface area contributed by atoms with Crippen LogP contribution in [-0.2, 0) is 28.7 Å². The molecule has 51 heavy (non-hydrogen) atoms. The molecule has 11 nitrogen and oxygen atoms in total. The number of likely N-dealkylation sites (N-methyl/N-ethyl adjacent to an activating group) is 1. The second-order valence-corrected chi connectivity index (χ2v) is 15.1. The first kappa shape index (κ1) is 44.1. The van der Waals surface area contributed by atoms with Crippen LogP contribution >= 0.6 is 0 Å². The highest BCUT2D eigenvalue weighted by molar-refractivity contribution is 5.89. The minimum atomic E-state index is -0.873. The average molecular weight is 717 g/mol. The number of methoxy groups -OCH3 is 2. The maximum Gasteiger partial charge on any atom is 0.245 e. The first-order valence-electron chi connectivity index (χ1n) is 19.0. The molecule has 1 saturated heterocycles. The predicted octanol–water partition coefficient (Wildman–Crippen LogP) is 4.97. The first-order valence-corrected chi connectivity index (χ1v) is 19.0. The third-order valence-corrected chi connectivity index (χ3v) is 11.4. The van der Waals surface area contributed by atoms with Gasteiger partial charge in [-0.1, -0.05) is 98.6 Å². The van der Waals surface area contributed by atoms with Crippen LogP contribution < -0.4 is 10.6 Å². The van der Waals surface area contributed by atoms with E-state index in [0.717, 1.165) is 12.8 Å². The Bertz CT molecular complexity index is 1250. The van der Waals surface area contributed by atoms with Gasteiger partial charge in [0.05, 0.1) is 48.8 Å². The molecule has 2 rings (SSSR count). The van der Waals surface area contributed by atoms with E-state index in [9.17, 15) is 24.3 Å². The highest BCUT2D eigenvalue weighted by atomic mass is 16.5. The summed E-state index contributed by atoms with van der Waals surface area (Å²) >= 11 is 0. The topological polar surface area (TPSA) is 138 Å². The van der Waals surface area contributed by atoms with Crippen molar-refractivity contribution < 1.29 is 33.8 Å². The molecular formula is C40H68N4O7. The summed E-state index contributed by atoms with van der Waals surface area (Å²) < 4.78 is 11.9. The first-order chi connectivity index (χ1) is 24.0. The summed E-state index contributed by atoms with van der Waals surface area (Å²) in [5.74, 6) is -1.54. The summed E-state index contributed by atoms with van der Waals surface area (Å²) in [5.41, 5.74) is 0.713. The van der Waals surface area contributed by atoms with Crippen LogP contribution in [0.4, 0.5) is 0 Å². The molecule has 4 amide bonds. The molecule has 0 saturated carbocycles. The van der Waals surface area contributed by atoms with Gasteiger partial charge < -0.3 is 35.0 Å². The Morgan fingerprint density at radius 2 is 1.47 bits per heavy atom. The van der Waals surface area contributed by atoms with Gasteiger partial charge in [0.1, 0.15) is 6.04 Å². The van der Waals surface area contributed by atoms with Gasteiger partial charge in [-0.2, -0.15) is 0 Å². The molecule has 1 aliphatic heterocycles. The van der Waals surface area contributed by atoms with E-state index < -0.39 is 42.4 Å². The Balaban J connectivity index is 2.25. The number of carbonyl (C=O) groups excluding carboxylic acids is 4. The van der Waals surface area contributed by atoms with E-state index in [2.05, 4.69) is 24.5 Å². The molecule has 290 valence electrons. The number of likely N-dealkylation sites (tertiary alicyclic amines) is 1. The summed E-state index contributed by atoms with van der Waals surface area (Å²) in [7, 11) is 4.88. The highest BCUT2D eigenvalue weighted by Crippen LogP contribution is 2.30. The lowest BCUT2D eigenvalue weighted by atomic mass is 9.88. The summed E-state index contributed by atoms with van der Waals surface area (Å²) in [4.78, 5) is 58.4. The van der Waals surface area contributed by atoms with Gasteiger partial charge >= 0.3 is 0 Å². The Morgan fingerprint density at radius 3 is 2.00 bits per heavy atom. The normalized spacial score (nSPS) is 20.7. The van der Waals surface area contributed by atoms with E-state index in [1.165, 1.54) is 0 Å². The molecule has 0 aromatic heterocycles. The number of ether oxygens (including phenoxy) is 2. The van der Waals surface area contributed by atoms with Crippen molar-refractivity contribution in [3.05, 3.63) is 35.9 Å². The monoisotopic (exact) mass is 717 g/mol. The molecule has 0 spiro atoms. The van der Waals surface area contributed by atoms with Crippen molar-refractivity contribution in [3.63, 3.8) is 0 Å². The fraction of sp³-hybridized carbons (Fsp3) is 0.750. The molecule has 1 aliphatic rings. The maximum atomic E-state index is 14.2. The standard InChI is InChI=1S/C40H68N4O7/c1-13-25(5)34(42-38(47)27(7)24(3)4)40(49)43(10)35(26(6)14-2)32(50-11)23-33(45)44-22-18-21-31(44)37(51-12)28(8)39(48)41-29(9)36(46)30-19-16-15-17-20-30/h15-17,19-20,24-29,31-32,34-37,46H,13-14,18,21-23H2,1-12H3,(H,41,48)(H,42,47)/t25-,26-,27-,28+,29+,31-,32+,34-,35-,36+,37+/m0/s1. The number of hydrogen-bond acceptors (Lipinski definition) is 7. The highest BCUT2D eigenvalue weighted by Gasteiger charge is 2.43. The molecule has 0 bridgehead atoms. The molecule has 11 heteroatoms. The van der Waals surface area contributed by atoms with Crippen molar-refractivity contribution in [1.29, 1.82) is 0 Å². The van der Waals surface area contributed by atoms with Gasteiger partial charge in [-0.15, -0.1) is 0 Å². The minimum absolute atomic E-state index is 0.00221. The van der Waals surface area contributed by atoms with Crippen LogP contribution in [0.25, 0.3) is 0 Å². The number of nitrogens with one attached hydrogen (secondary N) is 2. The van der Waals surface area contributed by atoms with Crippen LogP contribution in [-0.4, -0.2) is 103 Å². The lowest BCUT2D eigenvalue weighted by molar-refractivity contribution is -0.148. The molecule has 1 fully saturated rings. The molecular weight excluding hydrogens is 648 g/mol. The smallest absolute Gasteiger partial charge is 0.245 e. The third kappa shape index (κ3) is 11.5. The largest absolute Gasteiger partial charge is 0.386 e. The Kier molecular flexibility index (Phi) is 18.1. The van der Waals surface area contributed by atoms with E-state index in [0.29, 0.717) is 24.9 Å². The second-order valence-electron chi connectivity index (χ2n) is 15.1. The maximum absolute atomic E-state index is 14.2. The van der Waals surface area contributed by atoms with Crippen molar-refractivity contribution in [1.82, 2.24) is 20.4 Å². The Labute approximate surface area is 307 Å². The van der Waals surface area contributed by atoms with Crippen LogP contribution in [0.3, 0.4) is 0 Å². The van der Waals surface area contributed by atoms with E-state index in [-0.39, 0.29) is 59.8 Å². The number of amides is 4. The van der Waals surface area contributed by atoms with Crippen LogP contribution in [0.15, 0.2) is 30.3 Å². The average Bonchev–Trinajstić information content (AvgIpc) is 3.61. The molecule has 1 heterocycles. The predicted molar refractivity (Wildman–Crippen MR) is 201 cm³/mol. The molecule has 0 aliphatic carbocycles. The SMILES string of the molecule is CC[C@H](C)[C@@H]([C@@H](CC(=O)N1CCC[C@H]1[C@H](OC)[C@@H](C)C(=O)N[C@H](C)[C@@H](O)c1ccccc1)OC)N(C)C(=O)[C@@H](NC(=O)[C@@H](C)C(C)C)[C@@H](C)CC. The number of hydrogen-bond donors (Lipinski definition) is 3. The molecule has 1 aromatic rings. The molecule has 11 atom stereocenters. The van der Waals surface area contributed by atoms with Gasteiger partial charge in [0.2, 0.25) is 23.6 Å². The number of aliphatic hydroxyl groups excluding tert-OH is 1. The molecule has 1 aromatic carbocycles.